The summed E-state index contributed by atoms with van der Waals surface area (Å²) in [6.45, 7) is 0. The average molecular weight is 851 g/mol. The van der Waals surface area contributed by atoms with E-state index in [9.17, 15) is 31.9 Å². The molecule has 4 aromatic heterocycles. The van der Waals surface area contributed by atoms with E-state index in [0.29, 0.717) is 38.3 Å². The Bertz CT molecular complexity index is 2260. The van der Waals surface area contributed by atoms with E-state index in [1.807, 2.05) is 0 Å². The Morgan fingerprint density at radius 3 is 1.65 bits per heavy atom. The third kappa shape index (κ3) is 9.25. The molecule has 6 rings (SSSR count). The van der Waals surface area contributed by atoms with Crippen LogP contribution < -0.4 is 0 Å². The molecular formula is C32H16Br2F4N4O5Se. The number of halogens is 6. The van der Waals surface area contributed by atoms with E-state index in [-0.39, 0.29) is 29.0 Å². The van der Waals surface area contributed by atoms with Crippen LogP contribution in [0, 0.1) is 23.3 Å². The van der Waals surface area contributed by atoms with Crippen molar-refractivity contribution >= 4 is 86.1 Å². The first-order chi connectivity index (χ1) is 22.9. The zero-order valence-electron chi connectivity index (χ0n) is 23.8. The van der Waals surface area contributed by atoms with Gasteiger partial charge in [0.05, 0.1) is 28.5 Å². The number of ketones is 3. The SMILES string of the molecule is O=C(C(=O)c1ccc2ncc(Br)cc2n1)c1ccc(F)c(F)c1.O=C(Cc1ccc2ncc(Br)cc2n1)c1ccc(F)c(F)c1.O=[Se]=O. The van der Waals surface area contributed by atoms with Crippen LogP contribution in [0.25, 0.3) is 22.1 Å². The molecule has 242 valence electrons. The molecule has 0 spiro atoms. The fraction of sp³-hybridized carbons (Fsp3) is 0.0312. The first-order valence-corrected chi connectivity index (χ1v) is 16.2. The van der Waals surface area contributed by atoms with E-state index in [4.69, 9.17) is 7.67 Å². The van der Waals surface area contributed by atoms with Gasteiger partial charge in [-0.2, -0.15) is 0 Å². The van der Waals surface area contributed by atoms with Gasteiger partial charge in [-0.1, -0.05) is 0 Å². The average Bonchev–Trinajstić information content (AvgIpc) is 3.06. The first-order valence-electron chi connectivity index (χ1n) is 13.2. The number of pyridine rings is 4. The molecule has 4 heterocycles. The van der Waals surface area contributed by atoms with Gasteiger partial charge in [0, 0.05) is 38.2 Å². The predicted octanol–water partition coefficient (Wildman–Crippen LogP) is 7.21. The minimum atomic E-state index is -1.62. The van der Waals surface area contributed by atoms with Gasteiger partial charge in [0.2, 0.25) is 5.78 Å². The summed E-state index contributed by atoms with van der Waals surface area (Å²) >= 11 is 4.93. The first kappa shape index (κ1) is 36.2. The van der Waals surface area contributed by atoms with Crippen molar-refractivity contribution in [2.75, 3.05) is 0 Å². The van der Waals surface area contributed by atoms with Crippen molar-refractivity contribution in [3.05, 3.63) is 140 Å². The summed E-state index contributed by atoms with van der Waals surface area (Å²) in [4.78, 5) is 53.2. The van der Waals surface area contributed by atoms with Gasteiger partial charge in [0.25, 0.3) is 5.78 Å². The molecule has 0 bridgehead atoms. The Morgan fingerprint density at radius 2 is 1.08 bits per heavy atom. The molecule has 0 aliphatic heterocycles. The molecule has 2 aromatic carbocycles. The van der Waals surface area contributed by atoms with Crippen molar-refractivity contribution in [2.24, 2.45) is 0 Å². The monoisotopic (exact) mass is 850 g/mol. The van der Waals surface area contributed by atoms with Crippen molar-refractivity contribution in [3.8, 4) is 0 Å². The van der Waals surface area contributed by atoms with E-state index >= 15 is 0 Å². The third-order valence-electron chi connectivity index (χ3n) is 6.27. The van der Waals surface area contributed by atoms with Crippen LogP contribution in [0.4, 0.5) is 17.6 Å². The maximum absolute atomic E-state index is 13.2. The number of benzene rings is 2. The molecule has 0 saturated carbocycles. The zero-order valence-corrected chi connectivity index (χ0v) is 28.7. The van der Waals surface area contributed by atoms with E-state index in [1.54, 1.807) is 42.7 Å². The second kappa shape index (κ2) is 16.5. The quantitative estimate of drug-likeness (QED) is 0.0737. The van der Waals surface area contributed by atoms with Crippen LogP contribution in [0.1, 0.15) is 36.9 Å². The van der Waals surface area contributed by atoms with Crippen LogP contribution in [0.2, 0.25) is 0 Å². The number of Topliss-reactive ketones (excluding diaryl/α,β-unsaturated/α-hetero) is 3. The summed E-state index contributed by atoms with van der Waals surface area (Å²) in [5.41, 5.74) is 2.70. The summed E-state index contributed by atoms with van der Waals surface area (Å²) in [6, 6.07) is 15.5. The van der Waals surface area contributed by atoms with Crippen molar-refractivity contribution in [1.82, 2.24) is 19.9 Å². The van der Waals surface area contributed by atoms with E-state index < -0.39 is 49.7 Å². The summed E-state index contributed by atoms with van der Waals surface area (Å²) in [7, 11) is 0. The van der Waals surface area contributed by atoms with Gasteiger partial charge in [0.1, 0.15) is 5.69 Å². The van der Waals surface area contributed by atoms with Crippen LogP contribution in [-0.2, 0) is 14.1 Å². The van der Waals surface area contributed by atoms with Crippen molar-refractivity contribution in [3.63, 3.8) is 0 Å². The van der Waals surface area contributed by atoms with E-state index in [0.717, 1.165) is 28.7 Å². The molecule has 9 nitrogen and oxygen atoms in total. The Balaban J connectivity index is 0.000000201. The van der Waals surface area contributed by atoms with Crippen molar-refractivity contribution < 1.29 is 39.6 Å². The van der Waals surface area contributed by atoms with Crippen LogP contribution >= 0.6 is 31.9 Å². The standard InChI is InChI=1S/C16H7BrF2N2O2.C16H9BrF2N2O.O2Se/c17-9-6-14-12(20-7-9)3-4-13(21-14)16(23)15(22)8-1-2-10(18)11(19)5-8;17-10-6-15-14(20-8-10)4-2-11(21-15)7-16(22)9-1-3-12(18)13(19)5-9;1-3-2/h1-7H;1-6,8H,7H2;. The minimum absolute atomic E-state index is 0.00747. The normalized spacial score (nSPS) is 10.4. The molecule has 0 unspecified atom stereocenters. The summed E-state index contributed by atoms with van der Waals surface area (Å²) in [5, 5.41) is 0. The number of nitrogens with zero attached hydrogens (tertiary/aromatic N) is 4. The summed E-state index contributed by atoms with van der Waals surface area (Å²) in [5.74, 6) is -6.48. The van der Waals surface area contributed by atoms with Crippen molar-refractivity contribution in [2.45, 2.75) is 6.42 Å². The van der Waals surface area contributed by atoms with Gasteiger partial charge in [0.15, 0.2) is 29.1 Å². The third-order valence-corrected chi connectivity index (χ3v) is 7.14. The molecule has 0 N–H and O–H groups in total. The Kier molecular flexibility index (Phi) is 12.4. The number of rotatable bonds is 6. The van der Waals surface area contributed by atoms with Gasteiger partial charge in [-0.15, -0.1) is 0 Å². The maximum atomic E-state index is 13.2. The Hall–Kier alpha value is -4.63. The topological polar surface area (TPSA) is 137 Å². The molecule has 0 fully saturated rings. The van der Waals surface area contributed by atoms with Crippen LogP contribution in [0.15, 0.2) is 94.1 Å². The second-order valence-corrected chi connectivity index (χ2v) is 11.6. The Morgan fingerprint density at radius 1 is 0.583 bits per heavy atom. The van der Waals surface area contributed by atoms with Gasteiger partial charge in [-0.3, -0.25) is 29.3 Å². The molecular weight excluding hydrogens is 835 g/mol. The van der Waals surface area contributed by atoms with Gasteiger partial charge >= 0.3 is 22.5 Å². The molecule has 0 radical (unpaired) electrons. The molecule has 0 aliphatic rings. The second-order valence-electron chi connectivity index (χ2n) is 9.47. The molecule has 0 atom stereocenters. The number of fused-ring (bicyclic) bond motifs is 2. The van der Waals surface area contributed by atoms with Crippen LogP contribution in [0.3, 0.4) is 0 Å². The van der Waals surface area contributed by atoms with Gasteiger partial charge in [-0.25, -0.2) is 22.5 Å². The molecule has 48 heavy (non-hydrogen) atoms. The number of aromatic nitrogens is 4. The fourth-order valence-corrected chi connectivity index (χ4v) is 4.69. The molecule has 0 amide bonds. The van der Waals surface area contributed by atoms with Gasteiger partial charge in [-0.05, 0) is 105 Å². The van der Waals surface area contributed by atoms with Gasteiger partial charge < -0.3 is 0 Å². The summed E-state index contributed by atoms with van der Waals surface area (Å²) in [6.07, 6.45) is 3.25. The van der Waals surface area contributed by atoms with Crippen LogP contribution in [0.5, 0.6) is 0 Å². The van der Waals surface area contributed by atoms with E-state index in [2.05, 4.69) is 51.8 Å². The van der Waals surface area contributed by atoms with E-state index in [1.165, 1.54) is 12.1 Å². The number of carbonyl (C=O) groups excluding carboxylic acids is 3. The number of hydrogen-bond acceptors (Lipinski definition) is 9. The Labute approximate surface area is 290 Å². The summed E-state index contributed by atoms with van der Waals surface area (Å²) < 4.78 is 70.5. The fourth-order valence-electron chi connectivity index (χ4n) is 4.05. The predicted molar refractivity (Wildman–Crippen MR) is 171 cm³/mol. The number of carbonyl (C=O) groups is 3. The zero-order chi connectivity index (χ0) is 35.0. The molecule has 16 heteroatoms. The molecule has 0 aliphatic carbocycles. The van der Waals surface area contributed by atoms with Crippen LogP contribution in [-0.4, -0.2) is 52.1 Å². The molecule has 6 aromatic rings. The molecule has 0 saturated heterocycles. The number of hydrogen-bond donors (Lipinski definition) is 0. The van der Waals surface area contributed by atoms with Crippen molar-refractivity contribution in [1.29, 1.82) is 0 Å².